The molecule has 6 unspecified atom stereocenters. The molecule has 24 heavy (non-hydrogen) atoms. The smallest absolute Gasteiger partial charge is 0.235 e. The molecular weight excluding hydrogens is 324 g/mol. The Kier molecular flexibility index (Phi) is 2.94. The van der Waals surface area contributed by atoms with Crippen molar-refractivity contribution in [3.63, 3.8) is 0 Å². The van der Waals surface area contributed by atoms with E-state index in [0.717, 1.165) is 11.3 Å². The summed E-state index contributed by atoms with van der Waals surface area (Å²) < 4.78 is 0. The molecule has 0 spiro atoms. The van der Waals surface area contributed by atoms with E-state index in [9.17, 15) is 9.59 Å². The molecule has 0 radical (unpaired) electrons. The first-order valence-corrected chi connectivity index (χ1v) is 8.98. The lowest BCUT2D eigenvalue weighted by Crippen LogP contribution is -2.40. The van der Waals surface area contributed by atoms with Gasteiger partial charge in [-0.05, 0) is 54.7 Å². The van der Waals surface area contributed by atoms with E-state index in [0.29, 0.717) is 16.9 Å². The van der Waals surface area contributed by atoms with Crippen LogP contribution < -0.4 is 5.32 Å². The first-order valence-electron chi connectivity index (χ1n) is 8.60. The molecule has 1 saturated heterocycles. The normalized spacial score (nSPS) is 38.3. The Balaban J connectivity index is 1.38. The lowest BCUT2D eigenvalue weighted by molar-refractivity contribution is -0.139. The van der Waals surface area contributed by atoms with Crippen molar-refractivity contribution < 1.29 is 9.59 Å². The molecule has 6 atom stereocenters. The van der Waals surface area contributed by atoms with E-state index >= 15 is 0 Å². The second kappa shape index (κ2) is 4.85. The Hall–Kier alpha value is -1.81. The molecular formula is C19H19ClN2O2. The number of nitrogens with zero attached hydrogens (tertiary/aromatic N) is 1. The molecule has 4 nitrogen and oxygen atoms in total. The van der Waals surface area contributed by atoms with Crippen molar-refractivity contribution in [2.75, 3.05) is 12.0 Å². The number of hydrogen-bond donors (Lipinski definition) is 1. The van der Waals surface area contributed by atoms with E-state index in [2.05, 4.69) is 17.5 Å². The highest BCUT2D eigenvalue weighted by Crippen LogP contribution is 2.65. The number of allylic oxidation sites excluding steroid dienone is 2. The number of hydrogen-bond acceptors (Lipinski definition) is 3. The van der Waals surface area contributed by atoms with Crippen molar-refractivity contribution in [1.29, 1.82) is 0 Å². The van der Waals surface area contributed by atoms with Crippen LogP contribution >= 0.6 is 11.6 Å². The lowest BCUT2D eigenvalue weighted by atomic mass is 9.63. The van der Waals surface area contributed by atoms with Gasteiger partial charge in [-0.1, -0.05) is 29.8 Å². The molecule has 6 rings (SSSR count). The molecule has 5 aliphatic rings. The third kappa shape index (κ3) is 1.80. The summed E-state index contributed by atoms with van der Waals surface area (Å²) in [5.74, 6) is 1.58. The van der Waals surface area contributed by atoms with Gasteiger partial charge in [-0.2, -0.15) is 0 Å². The molecule has 1 N–H and O–H groups in total. The molecule has 1 aliphatic heterocycles. The van der Waals surface area contributed by atoms with Gasteiger partial charge in [0.2, 0.25) is 11.8 Å². The first kappa shape index (κ1) is 14.5. The van der Waals surface area contributed by atoms with E-state index in [1.54, 1.807) is 0 Å². The number of benzene rings is 1. The highest BCUT2D eigenvalue weighted by atomic mass is 35.5. The number of carbonyl (C=O) groups excluding carboxylic acids is 2. The lowest BCUT2D eigenvalue weighted by Gasteiger charge is -2.37. The van der Waals surface area contributed by atoms with Gasteiger partial charge in [0.15, 0.2) is 0 Å². The molecule has 1 aromatic carbocycles. The van der Waals surface area contributed by atoms with Gasteiger partial charge in [-0.15, -0.1) is 0 Å². The van der Waals surface area contributed by atoms with Crippen LogP contribution in [0.4, 0.5) is 5.69 Å². The number of nitrogens with one attached hydrogen (secondary N) is 1. The molecule has 2 amide bonds. The highest BCUT2D eigenvalue weighted by Gasteiger charge is 2.66. The molecule has 3 fully saturated rings. The summed E-state index contributed by atoms with van der Waals surface area (Å²) in [5, 5.41) is 3.89. The van der Waals surface area contributed by atoms with Crippen molar-refractivity contribution in [2.24, 2.45) is 35.5 Å². The van der Waals surface area contributed by atoms with E-state index in [4.69, 9.17) is 11.6 Å². The molecule has 4 aliphatic carbocycles. The molecule has 124 valence electrons. The summed E-state index contributed by atoms with van der Waals surface area (Å²) in [6, 6.07) is 5.61. The van der Waals surface area contributed by atoms with Gasteiger partial charge < -0.3 is 5.32 Å². The zero-order valence-electron chi connectivity index (χ0n) is 13.4. The number of halogens is 1. The fourth-order valence-corrected chi connectivity index (χ4v) is 5.31. The fourth-order valence-electron chi connectivity index (χ4n) is 5.14. The van der Waals surface area contributed by atoms with Crippen LogP contribution in [-0.2, 0) is 9.59 Å². The van der Waals surface area contributed by atoms with Crippen LogP contribution in [0.15, 0.2) is 30.4 Å². The van der Waals surface area contributed by atoms with Crippen LogP contribution in [0.25, 0.3) is 0 Å². The monoisotopic (exact) mass is 342 g/mol. The summed E-state index contributed by atoms with van der Waals surface area (Å²) in [6.45, 7) is 2.15. The predicted molar refractivity (Wildman–Crippen MR) is 91.2 cm³/mol. The second-order valence-electron chi connectivity index (χ2n) is 7.51. The van der Waals surface area contributed by atoms with Crippen molar-refractivity contribution in [3.05, 3.63) is 40.9 Å². The molecule has 0 aromatic heterocycles. The molecule has 1 heterocycles. The quantitative estimate of drug-likeness (QED) is 0.678. The zero-order chi connectivity index (χ0) is 16.6. The largest absolute Gasteiger partial charge is 0.367 e. The maximum Gasteiger partial charge on any atom is 0.235 e. The van der Waals surface area contributed by atoms with Gasteiger partial charge in [-0.25, -0.2) is 0 Å². The van der Waals surface area contributed by atoms with Gasteiger partial charge in [0.05, 0.1) is 18.5 Å². The summed E-state index contributed by atoms with van der Waals surface area (Å²) in [4.78, 5) is 27.2. The SMILES string of the molecule is Cc1c(Cl)cccc1NCN1C(=O)C2C3C=CC(C4CC34)C2C1=O. The van der Waals surface area contributed by atoms with E-state index < -0.39 is 0 Å². The van der Waals surface area contributed by atoms with Gasteiger partial charge >= 0.3 is 0 Å². The Bertz CT molecular complexity index is 754. The Morgan fingerprint density at radius 3 is 2.38 bits per heavy atom. The minimum absolute atomic E-state index is 0.00174. The van der Waals surface area contributed by atoms with Crippen LogP contribution in [0.5, 0.6) is 0 Å². The van der Waals surface area contributed by atoms with Gasteiger partial charge in [0.1, 0.15) is 0 Å². The Morgan fingerprint density at radius 1 is 1.12 bits per heavy atom. The summed E-state index contributed by atoms with van der Waals surface area (Å²) >= 11 is 6.14. The maximum atomic E-state index is 12.9. The Morgan fingerprint density at radius 2 is 1.75 bits per heavy atom. The van der Waals surface area contributed by atoms with Crippen molar-refractivity contribution in [2.45, 2.75) is 13.3 Å². The number of carbonyl (C=O) groups is 2. The van der Waals surface area contributed by atoms with Crippen molar-refractivity contribution in [1.82, 2.24) is 4.90 Å². The number of amides is 2. The third-order valence-electron chi connectivity index (χ3n) is 6.45. The van der Waals surface area contributed by atoms with Gasteiger partial charge in [0.25, 0.3) is 0 Å². The predicted octanol–water partition coefficient (Wildman–Crippen LogP) is 3.07. The fraction of sp³-hybridized carbons (Fsp3) is 0.474. The zero-order valence-corrected chi connectivity index (χ0v) is 14.2. The van der Waals surface area contributed by atoms with Gasteiger partial charge in [0, 0.05) is 10.7 Å². The van der Waals surface area contributed by atoms with Crippen LogP contribution in [0.3, 0.4) is 0 Å². The molecule has 5 heteroatoms. The summed E-state index contributed by atoms with van der Waals surface area (Å²) in [6.07, 6.45) is 5.59. The van der Waals surface area contributed by atoms with Crippen LogP contribution in [0.2, 0.25) is 5.02 Å². The third-order valence-corrected chi connectivity index (χ3v) is 6.86. The first-order chi connectivity index (χ1) is 11.6. The average molecular weight is 343 g/mol. The number of likely N-dealkylation sites (tertiary alicyclic amines) is 1. The Labute approximate surface area is 145 Å². The van der Waals surface area contributed by atoms with E-state index in [1.807, 2.05) is 25.1 Å². The molecule has 2 saturated carbocycles. The minimum atomic E-state index is -0.126. The highest BCUT2D eigenvalue weighted by molar-refractivity contribution is 6.31. The van der Waals surface area contributed by atoms with E-state index in [1.165, 1.54) is 11.3 Å². The summed E-state index contributed by atoms with van der Waals surface area (Å²) in [7, 11) is 0. The van der Waals surface area contributed by atoms with Crippen LogP contribution in [-0.4, -0.2) is 23.4 Å². The topological polar surface area (TPSA) is 49.4 Å². The number of rotatable bonds is 3. The van der Waals surface area contributed by atoms with E-state index in [-0.39, 0.29) is 42.2 Å². The van der Waals surface area contributed by atoms with Gasteiger partial charge in [-0.3, -0.25) is 14.5 Å². The maximum absolute atomic E-state index is 12.9. The standard InChI is InChI=1S/C19H19ClN2O2/c1-9-14(20)3-2-4-15(9)21-8-22-18(23)16-10-5-6-11(13-7-12(10)13)17(16)19(22)24/h2-6,10-13,16-17,21H,7-8H2,1H3. The van der Waals surface area contributed by atoms with Crippen LogP contribution in [0.1, 0.15) is 12.0 Å². The summed E-state index contributed by atoms with van der Waals surface area (Å²) in [5.41, 5.74) is 1.79. The second-order valence-corrected chi connectivity index (χ2v) is 7.91. The van der Waals surface area contributed by atoms with Crippen LogP contribution in [0, 0.1) is 42.4 Å². The van der Waals surface area contributed by atoms with Crippen molar-refractivity contribution >= 4 is 29.1 Å². The molecule has 2 bridgehead atoms. The number of anilines is 1. The van der Waals surface area contributed by atoms with Crippen molar-refractivity contribution in [3.8, 4) is 0 Å². The average Bonchev–Trinajstić information content (AvgIpc) is 3.35. The molecule has 1 aromatic rings. The number of imide groups is 1. The minimum Gasteiger partial charge on any atom is -0.367 e.